The van der Waals surface area contributed by atoms with Crippen LogP contribution in [0.2, 0.25) is 5.15 Å². The van der Waals surface area contributed by atoms with Crippen LogP contribution in [0.15, 0.2) is 42.6 Å². The Morgan fingerprint density at radius 2 is 2.00 bits per heavy atom. The Labute approximate surface area is 116 Å². The lowest BCUT2D eigenvalue weighted by atomic mass is 10.2. The van der Waals surface area contributed by atoms with Crippen molar-refractivity contribution in [2.75, 3.05) is 19.1 Å². The quantitative estimate of drug-likeness (QED) is 0.809. The van der Waals surface area contributed by atoms with E-state index in [1.54, 1.807) is 44.6 Å². The van der Waals surface area contributed by atoms with Crippen LogP contribution in [0.25, 0.3) is 0 Å². The molecule has 0 aliphatic rings. The maximum Gasteiger partial charge on any atom is 0.261 e. The number of nitrogens with zero attached hydrogens (tertiary/aromatic N) is 2. The molecule has 1 heterocycles. The monoisotopic (exact) mass is 276 g/mol. The van der Waals surface area contributed by atoms with Crippen molar-refractivity contribution >= 4 is 23.2 Å². The average Bonchev–Trinajstić information content (AvgIpc) is 2.46. The number of hydrogen-bond acceptors (Lipinski definition) is 3. The van der Waals surface area contributed by atoms with E-state index in [2.05, 4.69) is 4.98 Å². The fourth-order valence-corrected chi connectivity index (χ4v) is 1.94. The molecule has 0 saturated carbocycles. The largest absolute Gasteiger partial charge is 0.495 e. The number of amides is 1. The lowest BCUT2D eigenvalue weighted by Crippen LogP contribution is -2.27. The molecular formula is C14H13ClN2O2. The van der Waals surface area contributed by atoms with Gasteiger partial charge in [0.05, 0.1) is 18.4 Å². The second-order valence-corrected chi connectivity index (χ2v) is 4.24. The highest BCUT2D eigenvalue weighted by atomic mass is 35.5. The van der Waals surface area contributed by atoms with Gasteiger partial charge in [0, 0.05) is 13.2 Å². The van der Waals surface area contributed by atoms with Crippen molar-refractivity contribution in [3.8, 4) is 5.75 Å². The predicted molar refractivity (Wildman–Crippen MR) is 75.0 cm³/mol. The zero-order chi connectivity index (χ0) is 13.8. The van der Waals surface area contributed by atoms with Gasteiger partial charge >= 0.3 is 0 Å². The molecular weight excluding hydrogens is 264 g/mol. The summed E-state index contributed by atoms with van der Waals surface area (Å²) in [6, 6.07) is 10.6. The minimum Gasteiger partial charge on any atom is -0.495 e. The van der Waals surface area contributed by atoms with Gasteiger partial charge in [-0.25, -0.2) is 4.98 Å². The van der Waals surface area contributed by atoms with Crippen molar-refractivity contribution in [1.29, 1.82) is 0 Å². The van der Waals surface area contributed by atoms with Crippen LogP contribution < -0.4 is 9.64 Å². The number of methoxy groups -OCH3 is 1. The SMILES string of the molecule is COc1ccccc1N(C)C(=O)c1cccnc1Cl. The summed E-state index contributed by atoms with van der Waals surface area (Å²) in [5, 5.41) is 0.189. The van der Waals surface area contributed by atoms with Gasteiger partial charge in [0.2, 0.25) is 0 Å². The topological polar surface area (TPSA) is 42.4 Å². The van der Waals surface area contributed by atoms with Crippen LogP contribution in [-0.4, -0.2) is 25.0 Å². The molecule has 2 aromatic rings. The molecule has 5 heteroatoms. The zero-order valence-electron chi connectivity index (χ0n) is 10.6. The first-order valence-electron chi connectivity index (χ1n) is 5.66. The van der Waals surface area contributed by atoms with Crippen LogP contribution in [0.3, 0.4) is 0 Å². The van der Waals surface area contributed by atoms with Gasteiger partial charge < -0.3 is 9.64 Å². The molecule has 0 radical (unpaired) electrons. The van der Waals surface area contributed by atoms with E-state index in [-0.39, 0.29) is 11.1 Å². The van der Waals surface area contributed by atoms with Crippen molar-refractivity contribution in [2.24, 2.45) is 0 Å². The van der Waals surface area contributed by atoms with E-state index in [9.17, 15) is 4.79 Å². The summed E-state index contributed by atoms with van der Waals surface area (Å²) in [6.45, 7) is 0. The molecule has 4 nitrogen and oxygen atoms in total. The van der Waals surface area contributed by atoms with Crippen molar-refractivity contribution in [3.63, 3.8) is 0 Å². The Kier molecular flexibility index (Phi) is 4.02. The van der Waals surface area contributed by atoms with Crippen molar-refractivity contribution in [1.82, 2.24) is 4.98 Å². The molecule has 2 rings (SSSR count). The first-order chi connectivity index (χ1) is 9.15. The van der Waals surface area contributed by atoms with Gasteiger partial charge in [0.15, 0.2) is 0 Å². The Bertz CT molecular complexity index is 602. The molecule has 1 aromatic carbocycles. The summed E-state index contributed by atoms with van der Waals surface area (Å²) in [6.07, 6.45) is 1.54. The number of halogens is 1. The van der Waals surface area contributed by atoms with Crippen LogP contribution >= 0.6 is 11.6 Å². The van der Waals surface area contributed by atoms with Crippen molar-refractivity contribution in [2.45, 2.75) is 0 Å². The minimum atomic E-state index is -0.234. The summed E-state index contributed by atoms with van der Waals surface area (Å²) >= 11 is 5.93. The van der Waals surface area contributed by atoms with Gasteiger partial charge in [-0.3, -0.25) is 4.79 Å². The van der Waals surface area contributed by atoms with Gasteiger partial charge in [-0.15, -0.1) is 0 Å². The van der Waals surface area contributed by atoms with Crippen molar-refractivity contribution < 1.29 is 9.53 Å². The van der Waals surface area contributed by atoms with E-state index in [0.29, 0.717) is 17.0 Å². The fraction of sp³-hybridized carbons (Fsp3) is 0.143. The van der Waals surface area contributed by atoms with Crippen molar-refractivity contribution in [3.05, 3.63) is 53.3 Å². The predicted octanol–water partition coefficient (Wildman–Crippen LogP) is 3.02. The summed E-state index contributed by atoms with van der Waals surface area (Å²) in [5.74, 6) is 0.390. The summed E-state index contributed by atoms with van der Waals surface area (Å²) < 4.78 is 5.24. The number of carbonyl (C=O) groups excluding carboxylic acids is 1. The number of rotatable bonds is 3. The molecule has 0 aliphatic carbocycles. The maximum absolute atomic E-state index is 12.4. The van der Waals surface area contributed by atoms with E-state index in [0.717, 1.165) is 0 Å². The van der Waals surface area contributed by atoms with E-state index in [1.807, 2.05) is 12.1 Å². The highest BCUT2D eigenvalue weighted by molar-refractivity contribution is 6.33. The molecule has 0 bridgehead atoms. The Hall–Kier alpha value is -2.07. The summed E-state index contributed by atoms with van der Waals surface area (Å²) in [4.78, 5) is 17.8. The van der Waals surface area contributed by atoms with Gasteiger partial charge in [-0.1, -0.05) is 23.7 Å². The summed E-state index contributed by atoms with van der Waals surface area (Å²) in [5.41, 5.74) is 1.03. The van der Waals surface area contributed by atoms with Crippen LogP contribution in [0.5, 0.6) is 5.75 Å². The van der Waals surface area contributed by atoms with Gasteiger partial charge in [-0.2, -0.15) is 0 Å². The molecule has 0 unspecified atom stereocenters. The number of carbonyl (C=O) groups is 1. The number of benzene rings is 1. The van der Waals surface area contributed by atoms with Crippen LogP contribution in [-0.2, 0) is 0 Å². The van der Waals surface area contributed by atoms with Crippen LogP contribution in [0, 0.1) is 0 Å². The molecule has 0 spiro atoms. The minimum absolute atomic E-state index is 0.189. The number of ether oxygens (including phenoxy) is 1. The molecule has 0 fully saturated rings. The third kappa shape index (κ3) is 2.69. The third-order valence-electron chi connectivity index (χ3n) is 2.74. The molecule has 1 aromatic heterocycles. The van der Waals surface area contributed by atoms with Crippen LogP contribution in [0.1, 0.15) is 10.4 Å². The van der Waals surface area contributed by atoms with Gasteiger partial charge in [0.25, 0.3) is 5.91 Å². The lowest BCUT2D eigenvalue weighted by Gasteiger charge is -2.20. The van der Waals surface area contributed by atoms with Gasteiger partial charge in [-0.05, 0) is 24.3 Å². The Balaban J connectivity index is 2.37. The smallest absolute Gasteiger partial charge is 0.261 e. The first kappa shape index (κ1) is 13.4. The first-order valence-corrected chi connectivity index (χ1v) is 6.04. The number of pyridine rings is 1. The molecule has 0 atom stereocenters. The normalized spacial score (nSPS) is 10.1. The van der Waals surface area contributed by atoms with Gasteiger partial charge in [0.1, 0.15) is 10.9 Å². The molecule has 19 heavy (non-hydrogen) atoms. The molecule has 0 aliphatic heterocycles. The molecule has 0 saturated heterocycles. The number of hydrogen-bond donors (Lipinski definition) is 0. The third-order valence-corrected chi connectivity index (χ3v) is 3.04. The highest BCUT2D eigenvalue weighted by Crippen LogP contribution is 2.28. The fourth-order valence-electron chi connectivity index (χ4n) is 1.74. The van der Waals surface area contributed by atoms with E-state index in [4.69, 9.17) is 16.3 Å². The number of aromatic nitrogens is 1. The zero-order valence-corrected chi connectivity index (χ0v) is 11.4. The second-order valence-electron chi connectivity index (χ2n) is 3.88. The maximum atomic E-state index is 12.4. The molecule has 0 N–H and O–H groups in total. The lowest BCUT2D eigenvalue weighted by molar-refractivity contribution is 0.0992. The van der Waals surface area contributed by atoms with E-state index < -0.39 is 0 Å². The highest BCUT2D eigenvalue weighted by Gasteiger charge is 2.19. The second kappa shape index (κ2) is 5.71. The van der Waals surface area contributed by atoms with Crippen LogP contribution in [0.4, 0.5) is 5.69 Å². The number of para-hydroxylation sites is 2. The average molecular weight is 277 g/mol. The molecule has 1 amide bonds. The number of anilines is 1. The van der Waals surface area contributed by atoms with E-state index >= 15 is 0 Å². The van der Waals surface area contributed by atoms with E-state index in [1.165, 1.54) is 4.90 Å². The molecule has 98 valence electrons. The Morgan fingerprint density at radius 3 is 2.68 bits per heavy atom. The standard InChI is InChI=1S/C14H13ClN2O2/c1-17(11-7-3-4-8-12(11)19-2)14(18)10-6-5-9-16-13(10)15/h3-9H,1-2H3. The Morgan fingerprint density at radius 1 is 1.26 bits per heavy atom. The summed E-state index contributed by atoms with van der Waals surface area (Å²) in [7, 11) is 3.23.